The van der Waals surface area contributed by atoms with Gasteiger partial charge in [-0.15, -0.1) is 0 Å². The third-order valence-electron chi connectivity index (χ3n) is 3.39. The van der Waals surface area contributed by atoms with Gasteiger partial charge < -0.3 is 9.26 Å². The van der Waals surface area contributed by atoms with Crippen molar-refractivity contribution in [2.75, 3.05) is 19.4 Å². The van der Waals surface area contributed by atoms with Crippen LogP contribution in [0.25, 0.3) is 0 Å². The topological polar surface area (TPSA) is 35.5 Å². The lowest BCUT2D eigenvalue weighted by Gasteiger charge is -2.18. The highest BCUT2D eigenvalue weighted by Crippen LogP contribution is 2.49. The Bertz CT molecular complexity index is 628. The molecule has 23 heavy (non-hydrogen) atoms. The van der Waals surface area contributed by atoms with Crippen LogP contribution in [0.2, 0.25) is 0 Å². The number of hydrogen-bond acceptors (Lipinski definition) is 3. The Kier molecular flexibility index (Phi) is 7.77. The number of ether oxygens (including phenoxy) is 1. The van der Waals surface area contributed by atoms with Gasteiger partial charge in [-0.25, -0.2) is 0 Å². The molecule has 3 nitrogen and oxygen atoms in total. The molecule has 0 bridgehead atoms. The second-order valence-electron chi connectivity index (χ2n) is 5.28. The van der Waals surface area contributed by atoms with E-state index >= 15 is 0 Å². The van der Waals surface area contributed by atoms with Crippen LogP contribution in [-0.4, -0.2) is 19.4 Å². The van der Waals surface area contributed by atoms with Gasteiger partial charge >= 0.3 is 0 Å². The second-order valence-corrected chi connectivity index (χ2v) is 9.18. The summed E-state index contributed by atoms with van der Waals surface area (Å²) in [5.74, 6) is 0. The van der Waals surface area contributed by atoms with Gasteiger partial charge in [-0.2, -0.15) is 0 Å². The van der Waals surface area contributed by atoms with Crippen molar-refractivity contribution in [1.82, 2.24) is 0 Å². The van der Waals surface area contributed by atoms with Crippen LogP contribution in [-0.2, 0) is 26.6 Å². The molecule has 124 valence electrons. The van der Waals surface area contributed by atoms with E-state index in [0.717, 1.165) is 11.1 Å². The van der Waals surface area contributed by atoms with Crippen LogP contribution in [0.5, 0.6) is 0 Å². The maximum Gasteiger partial charge on any atom is 0.209 e. The average molecular weight is 444 g/mol. The van der Waals surface area contributed by atoms with Crippen LogP contribution in [0.15, 0.2) is 54.6 Å². The molecule has 2 aromatic carbocycles. The van der Waals surface area contributed by atoms with Crippen molar-refractivity contribution in [1.29, 1.82) is 0 Å². The smallest absolute Gasteiger partial charge is 0.209 e. The molecule has 0 fully saturated rings. The van der Waals surface area contributed by atoms with Crippen molar-refractivity contribution in [2.45, 2.75) is 19.7 Å². The molecule has 0 amide bonds. The molecular weight excluding hydrogens is 422 g/mol. The Morgan fingerprint density at radius 1 is 1.00 bits per heavy atom. The zero-order chi connectivity index (χ0) is 16.5. The summed E-state index contributed by atoms with van der Waals surface area (Å²) in [6.45, 7) is 3.32. The highest BCUT2D eigenvalue weighted by molar-refractivity contribution is 14.1. The van der Waals surface area contributed by atoms with Crippen molar-refractivity contribution < 1.29 is 13.8 Å². The Labute approximate surface area is 152 Å². The van der Waals surface area contributed by atoms with Gasteiger partial charge in [-0.3, -0.25) is 4.57 Å². The Hall–Kier alpha value is -0.680. The summed E-state index contributed by atoms with van der Waals surface area (Å²) >= 11 is 2.26. The normalized spacial score (nSPS) is 13.7. The summed E-state index contributed by atoms with van der Waals surface area (Å²) in [5.41, 5.74) is 2.17. The van der Waals surface area contributed by atoms with E-state index in [4.69, 9.17) is 9.26 Å². The first-order chi connectivity index (χ1) is 11.1. The van der Waals surface area contributed by atoms with Gasteiger partial charge in [0.25, 0.3) is 0 Å². The van der Waals surface area contributed by atoms with E-state index in [0.29, 0.717) is 32.1 Å². The summed E-state index contributed by atoms with van der Waals surface area (Å²) in [6, 6.07) is 18.1. The second kappa shape index (κ2) is 9.58. The van der Waals surface area contributed by atoms with Crippen LogP contribution in [0.4, 0.5) is 0 Å². The third kappa shape index (κ3) is 6.76. The number of halogens is 1. The molecule has 1 unspecified atom stereocenters. The predicted molar refractivity (Wildman–Crippen MR) is 103 cm³/mol. The molecule has 0 spiro atoms. The molecular formula is C18H22IO3P. The van der Waals surface area contributed by atoms with Crippen LogP contribution < -0.4 is 0 Å². The van der Waals surface area contributed by atoms with E-state index in [1.165, 1.54) is 3.57 Å². The van der Waals surface area contributed by atoms with Crippen molar-refractivity contribution in [3.63, 3.8) is 0 Å². The van der Waals surface area contributed by atoms with Crippen molar-refractivity contribution in [3.05, 3.63) is 69.3 Å². The quantitative estimate of drug-likeness (QED) is 0.298. The van der Waals surface area contributed by atoms with Gasteiger partial charge in [-0.05, 0) is 52.8 Å². The van der Waals surface area contributed by atoms with Gasteiger partial charge in [0.15, 0.2) is 0 Å². The molecule has 0 aliphatic heterocycles. The highest BCUT2D eigenvalue weighted by atomic mass is 127. The van der Waals surface area contributed by atoms with Crippen LogP contribution in [0, 0.1) is 3.57 Å². The minimum atomic E-state index is -2.71. The van der Waals surface area contributed by atoms with E-state index in [1.54, 1.807) is 0 Å². The molecule has 0 aromatic heterocycles. The van der Waals surface area contributed by atoms with Crippen LogP contribution in [0.3, 0.4) is 0 Å². The SMILES string of the molecule is CCOP(=O)(CCOCc1ccccc1)Cc1ccc(I)cc1. The molecule has 0 heterocycles. The van der Waals surface area contributed by atoms with Crippen molar-refractivity contribution >= 4 is 30.0 Å². The lowest BCUT2D eigenvalue weighted by Crippen LogP contribution is -2.06. The molecule has 0 saturated heterocycles. The zero-order valence-corrected chi connectivity index (χ0v) is 16.3. The van der Waals surface area contributed by atoms with Gasteiger partial charge in [0, 0.05) is 15.9 Å². The first-order valence-corrected chi connectivity index (χ1v) is 10.8. The summed E-state index contributed by atoms with van der Waals surface area (Å²) in [5, 5.41) is 0. The monoisotopic (exact) mass is 444 g/mol. The molecule has 0 aliphatic rings. The Morgan fingerprint density at radius 3 is 2.35 bits per heavy atom. The largest absolute Gasteiger partial charge is 0.376 e. The van der Waals surface area contributed by atoms with Crippen molar-refractivity contribution in [3.8, 4) is 0 Å². The van der Waals surface area contributed by atoms with Crippen molar-refractivity contribution in [2.24, 2.45) is 0 Å². The predicted octanol–water partition coefficient (Wildman–Crippen LogP) is 5.32. The zero-order valence-electron chi connectivity index (χ0n) is 13.3. The molecule has 0 aliphatic carbocycles. The lowest BCUT2D eigenvalue weighted by atomic mass is 10.2. The summed E-state index contributed by atoms with van der Waals surface area (Å²) in [7, 11) is -2.71. The molecule has 5 heteroatoms. The van der Waals surface area contributed by atoms with E-state index in [2.05, 4.69) is 22.6 Å². The van der Waals surface area contributed by atoms with Gasteiger partial charge in [0.1, 0.15) is 0 Å². The highest BCUT2D eigenvalue weighted by Gasteiger charge is 2.23. The fraction of sp³-hybridized carbons (Fsp3) is 0.333. The lowest BCUT2D eigenvalue weighted by molar-refractivity contribution is 0.133. The minimum Gasteiger partial charge on any atom is -0.376 e. The van der Waals surface area contributed by atoms with E-state index in [9.17, 15) is 4.57 Å². The molecule has 0 radical (unpaired) electrons. The maximum atomic E-state index is 13.0. The maximum absolute atomic E-state index is 13.0. The molecule has 2 rings (SSSR count). The fourth-order valence-electron chi connectivity index (χ4n) is 2.26. The van der Waals surface area contributed by atoms with Crippen LogP contribution >= 0.6 is 30.0 Å². The first-order valence-electron chi connectivity index (χ1n) is 7.70. The molecule has 1 atom stereocenters. The standard InChI is InChI=1S/C18H22IO3P/c1-2-22-23(20,15-17-8-10-18(19)11-9-17)13-12-21-14-16-6-4-3-5-7-16/h3-11H,2,12-15H2,1H3. The summed E-state index contributed by atoms with van der Waals surface area (Å²) < 4.78 is 25.4. The molecule has 2 aromatic rings. The molecule has 0 saturated carbocycles. The third-order valence-corrected chi connectivity index (χ3v) is 6.55. The fourth-order valence-corrected chi connectivity index (χ4v) is 4.64. The van der Waals surface area contributed by atoms with Gasteiger partial charge in [0.05, 0.1) is 19.8 Å². The summed E-state index contributed by atoms with van der Waals surface area (Å²) in [6.07, 6.45) is 0.909. The Balaban J connectivity index is 1.86. The number of hydrogen-bond donors (Lipinski definition) is 0. The molecule has 0 N–H and O–H groups in total. The summed E-state index contributed by atoms with van der Waals surface area (Å²) in [4.78, 5) is 0. The number of benzene rings is 2. The Morgan fingerprint density at radius 2 is 1.70 bits per heavy atom. The van der Waals surface area contributed by atoms with E-state index in [-0.39, 0.29) is 0 Å². The van der Waals surface area contributed by atoms with E-state index < -0.39 is 7.37 Å². The van der Waals surface area contributed by atoms with Crippen LogP contribution in [0.1, 0.15) is 18.1 Å². The van der Waals surface area contributed by atoms with Gasteiger partial charge in [0.2, 0.25) is 7.37 Å². The van der Waals surface area contributed by atoms with Gasteiger partial charge in [-0.1, -0.05) is 42.5 Å². The number of rotatable bonds is 9. The first kappa shape index (κ1) is 18.7. The minimum absolute atomic E-state index is 0.441. The van der Waals surface area contributed by atoms with E-state index in [1.807, 2.05) is 61.5 Å². The average Bonchev–Trinajstić information content (AvgIpc) is 2.55.